The molecule has 0 aliphatic carbocycles. The van der Waals surface area contributed by atoms with E-state index < -0.39 is 5.97 Å². The van der Waals surface area contributed by atoms with Gasteiger partial charge < -0.3 is 4.74 Å². The van der Waals surface area contributed by atoms with Gasteiger partial charge in [0, 0.05) is 5.33 Å². The van der Waals surface area contributed by atoms with Crippen LogP contribution in [0, 0.1) is 11.3 Å². The van der Waals surface area contributed by atoms with Crippen LogP contribution in [0.1, 0.15) is 21.5 Å². The molecule has 1 aromatic carbocycles. The molecule has 0 aromatic heterocycles. The summed E-state index contributed by atoms with van der Waals surface area (Å²) in [6.07, 6.45) is 0. The van der Waals surface area contributed by atoms with Crippen LogP contribution in [0.25, 0.3) is 0 Å². The van der Waals surface area contributed by atoms with Crippen LogP contribution in [0.5, 0.6) is 0 Å². The van der Waals surface area contributed by atoms with Crippen molar-refractivity contribution in [2.24, 2.45) is 0 Å². The third-order valence-corrected chi connectivity index (χ3v) is 2.78. The Morgan fingerprint density at radius 1 is 1.67 bits per heavy atom. The molecular weight excluding hydrogens is 281 g/mol. The topological polar surface area (TPSA) is 50.1 Å². The summed E-state index contributed by atoms with van der Waals surface area (Å²) >= 11 is 9.07. The van der Waals surface area contributed by atoms with E-state index in [1.54, 1.807) is 6.07 Å². The van der Waals surface area contributed by atoms with Crippen molar-refractivity contribution in [2.45, 2.75) is 5.33 Å². The van der Waals surface area contributed by atoms with Gasteiger partial charge in [-0.25, -0.2) is 4.79 Å². The fourth-order valence-electron chi connectivity index (χ4n) is 1.11. The quantitative estimate of drug-likeness (QED) is 0.621. The van der Waals surface area contributed by atoms with Gasteiger partial charge in [0.25, 0.3) is 0 Å². The summed E-state index contributed by atoms with van der Waals surface area (Å²) < 4.78 is 4.61. The molecule has 3 nitrogen and oxygen atoms in total. The highest BCUT2D eigenvalue weighted by molar-refractivity contribution is 9.08. The van der Waals surface area contributed by atoms with Gasteiger partial charge >= 0.3 is 5.97 Å². The maximum absolute atomic E-state index is 11.4. The summed E-state index contributed by atoms with van der Waals surface area (Å²) in [5.41, 5.74) is 1.32. The monoisotopic (exact) mass is 287 g/mol. The predicted octanol–water partition coefficient (Wildman–Crippen LogP) is 2.89. The molecule has 78 valence electrons. The number of rotatable bonds is 2. The first-order valence-electron chi connectivity index (χ1n) is 4.00. The van der Waals surface area contributed by atoms with E-state index in [1.165, 1.54) is 13.2 Å². The van der Waals surface area contributed by atoms with E-state index in [0.717, 1.165) is 0 Å². The molecule has 1 aromatic rings. The van der Waals surface area contributed by atoms with E-state index in [4.69, 9.17) is 16.9 Å². The highest BCUT2D eigenvalue weighted by Gasteiger charge is 2.14. The number of esters is 1. The molecule has 0 saturated heterocycles. The molecule has 0 atom stereocenters. The van der Waals surface area contributed by atoms with E-state index in [0.29, 0.717) is 21.5 Å². The number of halogens is 2. The van der Waals surface area contributed by atoms with Crippen LogP contribution in [0.4, 0.5) is 0 Å². The first-order chi connectivity index (χ1) is 7.13. The zero-order valence-corrected chi connectivity index (χ0v) is 10.2. The number of nitriles is 1. The van der Waals surface area contributed by atoms with Crippen molar-refractivity contribution in [1.29, 1.82) is 5.26 Å². The second-order valence-electron chi connectivity index (χ2n) is 2.73. The predicted molar refractivity (Wildman–Crippen MR) is 60.1 cm³/mol. The van der Waals surface area contributed by atoms with Gasteiger partial charge in [-0.05, 0) is 17.7 Å². The molecule has 0 amide bonds. The maximum atomic E-state index is 11.4. The Morgan fingerprint density at radius 2 is 2.33 bits per heavy atom. The second kappa shape index (κ2) is 5.15. The van der Waals surface area contributed by atoms with Crippen LogP contribution >= 0.6 is 27.5 Å². The fraction of sp³-hybridized carbons (Fsp3) is 0.200. The van der Waals surface area contributed by atoms with Crippen LogP contribution in [-0.4, -0.2) is 13.1 Å². The average Bonchev–Trinajstić information content (AvgIpc) is 2.27. The van der Waals surface area contributed by atoms with Crippen molar-refractivity contribution in [3.8, 4) is 6.07 Å². The van der Waals surface area contributed by atoms with E-state index in [2.05, 4.69) is 20.7 Å². The van der Waals surface area contributed by atoms with Crippen molar-refractivity contribution in [2.75, 3.05) is 7.11 Å². The lowest BCUT2D eigenvalue weighted by molar-refractivity contribution is 0.0600. The summed E-state index contributed by atoms with van der Waals surface area (Å²) in [7, 11) is 1.29. The van der Waals surface area contributed by atoms with Crippen molar-refractivity contribution in [1.82, 2.24) is 0 Å². The number of benzene rings is 1. The normalized spacial score (nSPS) is 9.47. The number of alkyl halides is 1. The smallest absolute Gasteiger partial charge is 0.338 e. The van der Waals surface area contributed by atoms with E-state index >= 15 is 0 Å². The molecule has 0 aliphatic heterocycles. The molecule has 15 heavy (non-hydrogen) atoms. The van der Waals surface area contributed by atoms with Gasteiger partial charge in [0.2, 0.25) is 0 Å². The SMILES string of the molecule is COC(=O)c1cc(C#N)c(Cl)cc1CBr. The molecule has 1 rings (SSSR count). The number of ether oxygens (including phenoxy) is 1. The largest absolute Gasteiger partial charge is 0.465 e. The minimum atomic E-state index is -0.474. The fourth-order valence-corrected chi connectivity index (χ4v) is 1.80. The van der Waals surface area contributed by atoms with Crippen molar-refractivity contribution in [3.05, 3.63) is 33.8 Å². The van der Waals surface area contributed by atoms with E-state index in [1.807, 2.05) is 6.07 Å². The van der Waals surface area contributed by atoms with Gasteiger partial charge in [0.1, 0.15) is 6.07 Å². The van der Waals surface area contributed by atoms with Crippen molar-refractivity contribution in [3.63, 3.8) is 0 Å². The molecule has 0 heterocycles. The van der Waals surface area contributed by atoms with Crippen LogP contribution < -0.4 is 0 Å². The Bertz CT molecular complexity index is 440. The first-order valence-corrected chi connectivity index (χ1v) is 5.50. The van der Waals surface area contributed by atoms with E-state index in [9.17, 15) is 4.79 Å². The number of nitrogens with zero attached hydrogens (tertiary/aromatic N) is 1. The average molecular weight is 289 g/mol. The van der Waals surface area contributed by atoms with Crippen LogP contribution in [-0.2, 0) is 10.1 Å². The summed E-state index contributed by atoms with van der Waals surface area (Å²) in [6, 6.07) is 4.93. The lowest BCUT2D eigenvalue weighted by atomic mass is 10.1. The van der Waals surface area contributed by atoms with Gasteiger partial charge in [-0.1, -0.05) is 27.5 Å². The van der Waals surface area contributed by atoms with Crippen LogP contribution in [0.15, 0.2) is 12.1 Å². The number of methoxy groups -OCH3 is 1. The van der Waals surface area contributed by atoms with Crippen molar-refractivity contribution < 1.29 is 9.53 Å². The highest BCUT2D eigenvalue weighted by Crippen LogP contribution is 2.23. The third kappa shape index (κ3) is 2.49. The lowest BCUT2D eigenvalue weighted by Crippen LogP contribution is -2.05. The van der Waals surface area contributed by atoms with Gasteiger partial charge in [0.15, 0.2) is 0 Å². The Balaban J connectivity index is 3.36. The minimum Gasteiger partial charge on any atom is -0.465 e. The molecule has 0 bridgehead atoms. The molecule has 5 heteroatoms. The number of hydrogen-bond acceptors (Lipinski definition) is 3. The minimum absolute atomic E-state index is 0.266. The molecule has 0 unspecified atom stereocenters. The zero-order chi connectivity index (χ0) is 11.4. The number of carbonyl (C=O) groups is 1. The van der Waals surface area contributed by atoms with Gasteiger partial charge in [-0.15, -0.1) is 0 Å². The number of hydrogen-bond donors (Lipinski definition) is 0. The molecular formula is C10H7BrClNO2. The van der Waals surface area contributed by atoms with Gasteiger partial charge in [0.05, 0.1) is 23.3 Å². The van der Waals surface area contributed by atoms with Gasteiger partial charge in [-0.3, -0.25) is 0 Å². The standard InChI is InChI=1S/C10H7BrClNO2/c1-15-10(14)8-2-7(5-13)9(12)3-6(8)4-11/h2-3H,4H2,1H3. The summed E-state index contributed by atoms with van der Waals surface area (Å²) in [6.45, 7) is 0. The maximum Gasteiger partial charge on any atom is 0.338 e. The van der Waals surface area contributed by atoms with Gasteiger partial charge in [-0.2, -0.15) is 5.26 Å². The highest BCUT2D eigenvalue weighted by atomic mass is 79.9. The molecule has 0 fully saturated rings. The Labute approximate surface area is 101 Å². The zero-order valence-electron chi connectivity index (χ0n) is 7.88. The number of carbonyl (C=O) groups excluding carboxylic acids is 1. The molecule has 0 radical (unpaired) electrons. The second-order valence-corrected chi connectivity index (χ2v) is 3.69. The molecule has 0 N–H and O–H groups in total. The third-order valence-electron chi connectivity index (χ3n) is 1.86. The first kappa shape index (κ1) is 12.0. The lowest BCUT2D eigenvalue weighted by Gasteiger charge is -2.06. The molecule has 0 aliphatic rings. The van der Waals surface area contributed by atoms with Crippen LogP contribution in [0.3, 0.4) is 0 Å². The molecule has 0 saturated carbocycles. The Kier molecular flexibility index (Phi) is 4.13. The summed E-state index contributed by atoms with van der Waals surface area (Å²) in [4.78, 5) is 11.4. The van der Waals surface area contributed by atoms with E-state index in [-0.39, 0.29) is 5.56 Å². The van der Waals surface area contributed by atoms with Crippen molar-refractivity contribution >= 4 is 33.5 Å². The Morgan fingerprint density at radius 3 is 2.80 bits per heavy atom. The summed E-state index contributed by atoms with van der Waals surface area (Å²) in [5, 5.41) is 9.57. The van der Waals surface area contributed by atoms with Crippen LogP contribution in [0.2, 0.25) is 5.02 Å². The Hall–Kier alpha value is -1.05. The summed E-state index contributed by atoms with van der Waals surface area (Å²) in [5.74, 6) is -0.474. The molecule has 0 spiro atoms.